The van der Waals surface area contributed by atoms with E-state index in [1.807, 2.05) is 30.3 Å². The molecule has 3 rings (SSSR count). The smallest absolute Gasteiger partial charge is 0.243 e. The molecule has 6 nitrogen and oxygen atoms in total. The molecule has 0 unspecified atom stereocenters. The van der Waals surface area contributed by atoms with Gasteiger partial charge in [-0.2, -0.15) is 4.31 Å². The molecule has 0 spiro atoms. The Labute approximate surface area is 179 Å². The van der Waals surface area contributed by atoms with E-state index >= 15 is 0 Å². The molecule has 0 radical (unpaired) electrons. The van der Waals surface area contributed by atoms with Crippen molar-refractivity contribution in [2.75, 3.05) is 33.3 Å². The zero-order valence-corrected chi connectivity index (χ0v) is 18.5. The fraction of sp³-hybridized carbons (Fsp3) is 0.435. The maximum absolute atomic E-state index is 13.3. The molecule has 162 valence electrons. The SMILES string of the molecule is COc1ccc(S(=O)(=O)N(CCc2ccccc2)CC(=O)N2CCC(C)CC2)cc1. The van der Waals surface area contributed by atoms with Crippen molar-refractivity contribution >= 4 is 15.9 Å². The summed E-state index contributed by atoms with van der Waals surface area (Å²) in [5.74, 6) is 1.06. The van der Waals surface area contributed by atoms with Gasteiger partial charge in [0.2, 0.25) is 15.9 Å². The normalized spacial score (nSPS) is 15.4. The number of nitrogens with zero attached hydrogens (tertiary/aromatic N) is 2. The molecule has 1 saturated heterocycles. The van der Waals surface area contributed by atoms with Crippen LogP contribution in [0, 0.1) is 5.92 Å². The number of sulfonamides is 1. The first-order valence-corrected chi connectivity index (χ1v) is 11.8. The van der Waals surface area contributed by atoms with Gasteiger partial charge in [-0.15, -0.1) is 0 Å². The number of hydrogen-bond donors (Lipinski definition) is 0. The lowest BCUT2D eigenvalue weighted by Gasteiger charge is -2.32. The maximum atomic E-state index is 13.3. The third-order valence-corrected chi connectivity index (χ3v) is 7.50. The highest BCUT2D eigenvalue weighted by Gasteiger charge is 2.29. The van der Waals surface area contributed by atoms with E-state index in [-0.39, 0.29) is 23.9 Å². The van der Waals surface area contributed by atoms with Crippen molar-refractivity contribution in [2.24, 2.45) is 5.92 Å². The predicted octanol–water partition coefficient (Wildman–Crippen LogP) is 3.19. The third kappa shape index (κ3) is 5.61. The van der Waals surface area contributed by atoms with E-state index in [0.717, 1.165) is 18.4 Å². The Morgan fingerprint density at radius 3 is 2.30 bits per heavy atom. The number of carbonyl (C=O) groups excluding carboxylic acids is 1. The molecule has 1 fully saturated rings. The monoisotopic (exact) mass is 430 g/mol. The van der Waals surface area contributed by atoms with Crippen LogP contribution in [0.3, 0.4) is 0 Å². The van der Waals surface area contributed by atoms with Crippen LogP contribution in [-0.2, 0) is 21.2 Å². The minimum absolute atomic E-state index is 0.132. The summed E-state index contributed by atoms with van der Waals surface area (Å²) in [7, 11) is -2.27. The molecule has 7 heteroatoms. The molecular weight excluding hydrogens is 400 g/mol. The molecule has 0 aromatic heterocycles. The number of rotatable bonds is 8. The fourth-order valence-electron chi connectivity index (χ4n) is 3.59. The molecule has 2 aromatic rings. The molecular formula is C23H30N2O4S. The Bertz CT molecular complexity index is 921. The van der Waals surface area contributed by atoms with Gasteiger partial charge < -0.3 is 9.64 Å². The summed E-state index contributed by atoms with van der Waals surface area (Å²) in [6.07, 6.45) is 2.46. The first kappa shape index (κ1) is 22.3. The molecule has 1 aliphatic heterocycles. The maximum Gasteiger partial charge on any atom is 0.243 e. The molecule has 1 amide bonds. The average Bonchev–Trinajstić information content (AvgIpc) is 2.77. The number of carbonyl (C=O) groups is 1. The van der Waals surface area contributed by atoms with Crippen molar-refractivity contribution in [1.29, 1.82) is 0 Å². The lowest BCUT2D eigenvalue weighted by molar-refractivity contribution is -0.132. The van der Waals surface area contributed by atoms with Crippen molar-refractivity contribution in [3.05, 3.63) is 60.2 Å². The zero-order valence-electron chi connectivity index (χ0n) is 17.7. The first-order valence-electron chi connectivity index (χ1n) is 10.4. The lowest BCUT2D eigenvalue weighted by atomic mass is 9.99. The van der Waals surface area contributed by atoms with Gasteiger partial charge in [0.05, 0.1) is 18.6 Å². The van der Waals surface area contributed by atoms with E-state index in [0.29, 0.717) is 31.2 Å². The first-order chi connectivity index (χ1) is 14.4. The van der Waals surface area contributed by atoms with Crippen LogP contribution in [-0.4, -0.2) is 56.8 Å². The molecule has 2 aromatic carbocycles. The van der Waals surface area contributed by atoms with Gasteiger partial charge in [-0.05, 0) is 55.0 Å². The van der Waals surface area contributed by atoms with Gasteiger partial charge in [0, 0.05) is 19.6 Å². The minimum atomic E-state index is -3.81. The van der Waals surface area contributed by atoms with E-state index in [4.69, 9.17) is 4.74 Å². The Kier molecular flexibility index (Phi) is 7.50. The number of amides is 1. The van der Waals surface area contributed by atoms with E-state index in [9.17, 15) is 13.2 Å². The minimum Gasteiger partial charge on any atom is -0.497 e. The average molecular weight is 431 g/mol. The Hall–Kier alpha value is -2.38. The van der Waals surface area contributed by atoms with Crippen LogP contribution >= 0.6 is 0 Å². The highest BCUT2D eigenvalue weighted by molar-refractivity contribution is 7.89. The number of ether oxygens (including phenoxy) is 1. The zero-order chi connectivity index (χ0) is 21.6. The van der Waals surface area contributed by atoms with E-state index < -0.39 is 10.0 Å². The van der Waals surface area contributed by atoms with Gasteiger partial charge in [-0.3, -0.25) is 4.79 Å². The molecule has 0 N–H and O–H groups in total. The standard InChI is InChI=1S/C23H30N2O4S/c1-19-12-15-24(16-13-19)23(26)18-25(17-14-20-6-4-3-5-7-20)30(27,28)22-10-8-21(29-2)9-11-22/h3-11,19H,12-18H2,1-2H3. The molecule has 0 saturated carbocycles. The van der Waals surface area contributed by atoms with Crippen molar-refractivity contribution in [3.63, 3.8) is 0 Å². The highest BCUT2D eigenvalue weighted by atomic mass is 32.2. The van der Waals surface area contributed by atoms with Gasteiger partial charge in [0.1, 0.15) is 5.75 Å². The second-order valence-electron chi connectivity index (χ2n) is 7.81. The number of piperidine rings is 1. The largest absolute Gasteiger partial charge is 0.497 e. The molecule has 0 bridgehead atoms. The summed E-state index contributed by atoms with van der Waals surface area (Å²) in [6.45, 7) is 3.66. The van der Waals surface area contributed by atoms with E-state index in [1.165, 1.54) is 23.5 Å². The van der Waals surface area contributed by atoms with Crippen molar-refractivity contribution < 1.29 is 17.9 Å². The third-order valence-electron chi connectivity index (χ3n) is 5.64. The number of hydrogen-bond acceptors (Lipinski definition) is 4. The summed E-state index contributed by atoms with van der Waals surface area (Å²) in [4.78, 5) is 14.9. The second-order valence-corrected chi connectivity index (χ2v) is 9.75. The van der Waals surface area contributed by atoms with Gasteiger partial charge in [0.15, 0.2) is 0 Å². The van der Waals surface area contributed by atoms with Gasteiger partial charge in [0.25, 0.3) is 0 Å². The van der Waals surface area contributed by atoms with E-state index in [2.05, 4.69) is 6.92 Å². The van der Waals surface area contributed by atoms with Gasteiger partial charge >= 0.3 is 0 Å². The Morgan fingerprint density at radius 1 is 1.07 bits per heavy atom. The van der Waals surface area contributed by atoms with E-state index in [1.54, 1.807) is 17.0 Å². The molecule has 0 aliphatic carbocycles. The molecule has 1 aliphatic rings. The van der Waals surface area contributed by atoms with Crippen molar-refractivity contribution in [3.8, 4) is 5.75 Å². The topological polar surface area (TPSA) is 66.9 Å². The fourth-order valence-corrected chi connectivity index (χ4v) is 4.98. The van der Waals surface area contributed by atoms with Gasteiger partial charge in [-0.25, -0.2) is 8.42 Å². The summed E-state index contributed by atoms with van der Waals surface area (Å²) in [6, 6.07) is 16.0. The van der Waals surface area contributed by atoms with Crippen molar-refractivity contribution in [2.45, 2.75) is 31.1 Å². The quantitative estimate of drug-likeness (QED) is 0.645. The second kappa shape index (κ2) is 10.1. The molecule has 1 heterocycles. The Balaban J connectivity index is 1.79. The predicted molar refractivity (Wildman–Crippen MR) is 117 cm³/mol. The van der Waals surface area contributed by atoms with Crippen LogP contribution in [0.25, 0.3) is 0 Å². The van der Waals surface area contributed by atoms with Crippen LogP contribution in [0.15, 0.2) is 59.5 Å². The summed E-state index contributed by atoms with van der Waals surface area (Å²) in [5, 5.41) is 0. The van der Waals surface area contributed by atoms with Crippen LogP contribution in [0.1, 0.15) is 25.3 Å². The number of likely N-dealkylation sites (tertiary alicyclic amines) is 1. The van der Waals surface area contributed by atoms with Gasteiger partial charge in [-0.1, -0.05) is 37.3 Å². The van der Waals surface area contributed by atoms with Crippen LogP contribution in [0.4, 0.5) is 0 Å². The van der Waals surface area contributed by atoms with Crippen LogP contribution < -0.4 is 4.74 Å². The number of methoxy groups -OCH3 is 1. The summed E-state index contributed by atoms with van der Waals surface area (Å²) >= 11 is 0. The molecule has 30 heavy (non-hydrogen) atoms. The molecule has 0 atom stereocenters. The van der Waals surface area contributed by atoms with Crippen LogP contribution in [0.5, 0.6) is 5.75 Å². The number of benzene rings is 2. The lowest BCUT2D eigenvalue weighted by Crippen LogP contribution is -2.46. The summed E-state index contributed by atoms with van der Waals surface area (Å²) in [5.41, 5.74) is 1.03. The Morgan fingerprint density at radius 2 is 1.70 bits per heavy atom. The van der Waals surface area contributed by atoms with Crippen molar-refractivity contribution in [1.82, 2.24) is 9.21 Å². The summed E-state index contributed by atoms with van der Waals surface area (Å²) < 4.78 is 33.1. The van der Waals surface area contributed by atoms with Crippen LogP contribution in [0.2, 0.25) is 0 Å². The highest BCUT2D eigenvalue weighted by Crippen LogP contribution is 2.21.